The second-order valence-electron chi connectivity index (χ2n) is 6.82. The summed E-state index contributed by atoms with van der Waals surface area (Å²) in [7, 11) is 0. The van der Waals surface area contributed by atoms with E-state index in [-0.39, 0.29) is 25.5 Å². The Morgan fingerprint density at radius 1 is 1.14 bits per heavy atom. The van der Waals surface area contributed by atoms with E-state index in [1.54, 1.807) is 24.3 Å². The molecule has 2 atom stereocenters. The van der Waals surface area contributed by atoms with Gasteiger partial charge in [0.2, 0.25) is 11.8 Å². The first kappa shape index (κ1) is 23.9. The van der Waals surface area contributed by atoms with Crippen LogP contribution < -0.4 is 27.4 Å². The van der Waals surface area contributed by atoms with Crippen molar-refractivity contribution in [3.63, 3.8) is 0 Å². The molecule has 0 fully saturated rings. The van der Waals surface area contributed by atoms with Crippen LogP contribution in [-0.4, -0.2) is 42.9 Å². The Hall–Kier alpha value is -3.14. The average Bonchev–Trinajstić information content (AvgIpc) is 2.68. The van der Waals surface area contributed by atoms with Crippen LogP contribution in [0.1, 0.15) is 32.3 Å². The first-order valence-corrected chi connectivity index (χ1v) is 9.22. The molecular weight excluding hydrogens is 378 g/mol. The van der Waals surface area contributed by atoms with Crippen LogP contribution in [0.15, 0.2) is 24.3 Å². The van der Waals surface area contributed by atoms with E-state index in [0.717, 1.165) is 5.56 Å². The molecule has 0 spiro atoms. The molecule has 0 unspecified atom stereocenters. The largest absolute Gasteiger partial charge is 0.452 e. The molecule has 1 aromatic rings. The van der Waals surface area contributed by atoms with Crippen molar-refractivity contribution in [3.8, 4) is 0 Å². The van der Waals surface area contributed by atoms with Gasteiger partial charge in [0.15, 0.2) is 0 Å². The molecule has 0 aliphatic rings. The molecule has 1 aromatic carbocycles. The third-order valence-corrected chi connectivity index (χ3v) is 4.14. The van der Waals surface area contributed by atoms with Gasteiger partial charge in [-0.3, -0.25) is 9.59 Å². The molecule has 1 radical (unpaired) electrons. The number of urea groups is 1. The van der Waals surface area contributed by atoms with Gasteiger partial charge in [-0.15, -0.1) is 0 Å². The number of primary amides is 1. The van der Waals surface area contributed by atoms with Crippen LogP contribution in [0, 0.1) is 5.92 Å². The Labute approximate surface area is 169 Å². The summed E-state index contributed by atoms with van der Waals surface area (Å²) in [5, 5.41) is 7.82. The molecular formula is C19H28N5O5. The number of rotatable bonds is 12. The van der Waals surface area contributed by atoms with Crippen LogP contribution in [0.3, 0.4) is 0 Å². The minimum atomic E-state index is -0.838. The zero-order chi connectivity index (χ0) is 21.8. The van der Waals surface area contributed by atoms with Gasteiger partial charge in [-0.05, 0) is 36.5 Å². The zero-order valence-electron chi connectivity index (χ0n) is 16.6. The van der Waals surface area contributed by atoms with Crippen molar-refractivity contribution in [3.05, 3.63) is 29.8 Å². The average molecular weight is 406 g/mol. The number of nitrogens with two attached hydrogens (primary N) is 2. The van der Waals surface area contributed by atoms with Crippen LogP contribution >= 0.6 is 0 Å². The Kier molecular flexibility index (Phi) is 10.2. The number of ether oxygens (including phenoxy) is 1. The standard InChI is InChI=1S/C19H28N5O5/c1-12(2)16(20)18(27)24-15(4-3-9-22-19(21)28)17(26)23-14-7-5-13(6-8-14)10-29-11-25/h5-8,12,15-16H,3-4,9-10,20H2,1-2H3,(H,23,26)(H,24,27)(H3,21,22,28)/t15-,16-/m0/s1. The summed E-state index contributed by atoms with van der Waals surface area (Å²) in [6, 6.07) is 4.42. The lowest BCUT2D eigenvalue weighted by Gasteiger charge is -2.22. The van der Waals surface area contributed by atoms with Gasteiger partial charge in [0.05, 0.1) is 6.04 Å². The van der Waals surface area contributed by atoms with Crippen molar-refractivity contribution in [2.24, 2.45) is 17.4 Å². The van der Waals surface area contributed by atoms with E-state index in [2.05, 4.69) is 20.7 Å². The van der Waals surface area contributed by atoms with E-state index in [1.807, 2.05) is 13.8 Å². The minimum absolute atomic E-state index is 0.0797. The van der Waals surface area contributed by atoms with E-state index < -0.39 is 29.9 Å². The van der Waals surface area contributed by atoms with Crippen molar-refractivity contribution >= 4 is 30.0 Å². The third-order valence-electron chi connectivity index (χ3n) is 4.14. The van der Waals surface area contributed by atoms with Crippen molar-refractivity contribution in [2.75, 3.05) is 11.9 Å². The molecule has 0 aliphatic carbocycles. The van der Waals surface area contributed by atoms with Crippen molar-refractivity contribution < 1.29 is 23.9 Å². The molecule has 4 amide bonds. The number of nitrogens with one attached hydrogen (secondary N) is 3. The number of anilines is 1. The minimum Gasteiger partial charge on any atom is -0.452 e. The lowest BCUT2D eigenvalue weighted by atomic mass is 10.0. The normalized spacial score (nSPS) is 12.6. The van der Waals surface area contributed by atoms with Gasteiger partial charge in [-0.2, -0.15) is 0 Å². The molecule has 0 aliphatic heterocycles. The van der Waals surface area contributed by atoms with E-state index in [1.165, 1.54) is 6.47 Å². The fourth-order valence-electron chi connectivity index (χ4n) is 2.38. The summed E-state index contributed by atoms with van der Waals surface area (Å²) in [6.45, 7) is 5.31. The number of amides is 4. The van der Waals surface area contributed by atoms with Gasteiger partial charge in [-0.1, -0.05) is 26.0 Å². The summed E-state index contributed by atoms with van der Waals surface area (Å²) in [5.74, 6) is -0.937. The quantitative estimate of drug-likeness (QED) is 0.309. The van der Waals surface area contributed by atoms with Gasteiger partial charge >= 0.3 is 12.5 Å². The molecule has 0 heterocycles. The van der Waals surface area contributed by atoms with Crippen LogP contribution in [0.25, 0.3) is 0 Å². The summed E-state index contributed by atoms with van der Waals surface area (Å²) in [5.41, 5.74) is 12.1. The summed E-state index contributed by atoms with van der Waals surface area (Å²) >= 11 is 0. The Bertz CT molecular complexity index is 693. The van der Waals surface area contributed by atoms with E-state index in [9.17, 15) is 19.2 Å². The SMILES string of the molecule is CC(C)[C@H](N)C(=O)N[C@@H](CCCNC(N)=O)C(=O)Nc1ccc(CO[C]=O)cc1. The van der Waals surface area contributed by atoms with Gasteiger partial charge < -0.3 is 32.2 Å². The second-order valence-corrected chi connectivity index (χ2v) is 6.82. The molecule has 10 heteroatoms. The Morgan fingerprint density at radius 3 is 2.34 bits per heavy atom. The molecule has 0 saturated heterocycles. The summed E-state index contributed by atoms with van der Waals surface area (Å²) < 4.78 is 4.54. The van der Waals surface area contributed by atoms with Crippen LogP contribution in [0.2, 0.25) is 0 Å². The third kappa shape index (κ3) is 9.06. The fourth-order valence-corrected chi connectivity index (χ4v) is 2.38. The van der Waals surface area contributed by atoms with Gasteiger partial charge in [0.25, 0.3) is 0 Å². The van der Waals surface area contributed by atoms with E-state index >= 15 is 0 Å². The number of hydrogen-bond acceptors (Lipinski definition) is 6. The van der Waals surface area contributed by atoms with Gasteiger partial charge in [-0.25, -0.2) is 9.59 Å². The number of benzene rings is 1. The lowest BCUT2D eigenvalue weighted by molar-refractivity contribution is -0.128. The van der Waals surface area contributed by atoms with E-state index in [4.69, 9.17) is 11.5 Å². The van der Waals surface area contributed by atoms with E-state index in [0.29, 0.717) is 12.1 Å². The number of carbonyl (C=O) groups excluding carboxylic acids is 4. The maximum absolute atomic E-state index is 12.7. The Balaban J connectivity index is 2.75. The van der Waals surface area contributed by atoms with Crippen molar-refractivity contribution in [2.45, 2.75) is 45.4 Å². The highest BCUT2D eigenvalue weighted by Crippen LogP contribution is 2.12. The summed E-state index contributed by atoms with van der Waals surface area (Å²) in [4.78, 5) is 45.8. The van der Waals surface area contributed by atoms with Crippen molar-refractivity contribution in [1.82, 2.24) is 10.6 Å². The van der Waals surface area contributed by atoms with Gasteiger partial charge in [0.1, 0.15) is 12.6 Å². The highest BCUT2D eigenvalue weighted by molar-refractivity contribution is 5.97. The van der Waals surface area contributed by atoms with Gasteiger partial charge in [0, 0.05) is 12.2 Å². The maximum atomic E-state index is 12.7. The topological polar surface area (TPSA) is 166 Å². The molecule has 159 valence electrons. The fraction of sp³-hybridized carbons (Fsp3) is 0.474. The maximum Gasteiger partial charge on any atom is 0.417 e. The second kappa shape index (κ2) is 12.3. The monoisotopic (exact) mass is 406 g/mol. The molecule has 7 N–H and O–H groups in total. The molecule has 0 bridgehead atoms. The predicted molar refractivity (Wildman–Crippen MR) is 107 cm³/mol. The molecule has 29 heavy (non-hydrogen) atoms. The number of hydrogen-bond donors (Lipinski definition) is 5. The smallest absolute Gasteiger partial charge is 0.417 e. The molecule has 10 nitrogen and oxygen atoms in total. The Morgan fingerprint density at radius 2 is 1.79 bits per heavy atom. The number of carbonyl (C=O) groups is 3. The highest BCUT2D eigenvalue weighted by atomic mass is 16.5. The zero-order valence-corrected chi connectivity index (χ0v) is 16.6. The summed E-state index contributed by atoms with van der Waals surface area (Å²) in [6.07, 6.45) is 0.709. The van der Waals surface area contributed by atoms with Crippen LogP contribution in [0.4, 0.5) is 10.5 Å². The predicted octanol–water partition coefficient (Wildman–Crippen LogP) is 0.126. The molecule has 1 rings (SSSR count). The molecule has 0 aromatic heterocycles. The first-order chi connectivity index (χ1) is 13.7. The van der Waals surface area contributed by atoms with Crippen LogP contribution in [-0.2, 0) is 25.7 Å². The lowest BCUT2D eigenvalue weighted by Crippen LogP contribution is -2.51. The van der Waals surface area contributed by atoms with Crippen molar-refractivity contribution in [1.29, 1.82) is 0 Å². The highest BCUT2D eigenvalue weighted by Gasteiger charge is 2.25. The molecule has 0 saturated carbocycles. The first-order valence-electron chi connectivity index (χ1n) is 9.22. The van der Waals surface area contributed by atoms with Crippen LogP contribution in [0.5, 0.6) is 0 Å².